The van der Waals surface area contributed by atoms with Crippen LogP contribution in [0.4, 0.5) is 15.8 Å². The van der Waals surface area contributed by atoms with E-state index in [1.807, 2.05) is 74.2 Å². The lowest BCUT2D eigenvalue weighted by Gasteiger charge is -2.38. The summed E-state index contributed by atoms with van der Waals surface area (Å²) in [6.45, 7) is 5.46. The zero-order chi connectivity index (χ0) is 27.0. The van der Waals surface area contributed by atoms with Gasteiger partial charge in [0.1, 0.15) is 17.3 Å². The number of halogens is 2. The predicted molar refractivity (Wildman–Crippen MR) is 146 cm³/mol. The van der Waals surface area contributed by atoms with Gasteiger partial charge in [0, 0.05) is 27.4 Å². The van der Waals surface area contributed by atoms with Crippen LogP contribution in [-0.4, -0.2) is 29.6 Å². The number of nitrogens with zero attached hydrogens (tertiary/aromatic N) is 1. The molecule has 192 valence electrons. The Kier molecular flexibility index (Phi) is 5.41. The highest BCUT2D eigenvalue weighted by molar-refractivity contribution is 6.31. The molecule has 5 nitrogen and oxygen atoms in total. The number of fused-ring (bicyclic) bond motifs is 6. The Morgan fingerprint density at radius 3 is 2.45 bits per heavy atom. The number of Topliss-reactive ketones (excluding diaryl/α,β-unsaturated/α-hetero) is 2. The Balaban J connectivity index is 1.68. The summed E-state index contributed by atoms with van der Waals surface area (Å²) in [5.41, 5.74) is 0.874. The van der Waals surface area contributed by atoms with Crippen LogP contribution < -0.4 is 10.2 Å². The zero-order valence-electron chi connectivity index (χ0n) is 21.2. The number of carbonyl (C=O) groups excluding carboxylic acids is 3. The van der Waals surface area contributed by atoms with E-state index in [1.165, 1.54) is 24.3 Å². The highest BCUT2D eigenvalue weighted by Gasteiger charge is 2.70. The first-order valence-corrected chi connectivity index (χ1v) is 12.9. The molecule has 3 aromatic rings. The number of amides is 1. The van der Waals surface area contributed by atoms with Crippen LogP contribution in [0.2, 0.25) is 5.02 Å². The molecule has 3 aliphatic rings. The molecule has 0 radical (unpaired) electrons. The lowest BCUT2D eigenvalue weighted by atomic mass is 9.63. The average molecular weight is 529 g/mol. The molecule has 0 aromatic heterocycles. The van der Waals surface area contributed by atoms with Gasteiger partial charge < -0.3 is 10.2 Å². The molecule has 0 saturated carbocycles. The third-order valence-corrected chi connectivity index (χ3v) is 8.25. The van der Waals surface area contributed by atoms with Gasteiger partial charge in [-0.2, -0.15) is 0 Å². The highest BCUT2D eigenvalue weighted by atomic mass is 35.5. The van der Waals surface area contributed by atoms with E-state index in [1.54, 1.807) is 6.07 Å². The second-order valence-corrected chi connectivity index (χ2v) is 11.6. The van der Waals surface area contributed by atoms with Gasteiger partial charge in [-0.25, -0.2) is 4.39 Å². The van der Waals surface area contributed by atoms with Gasteiger partial charge in [-0.1, -0.05) is 62.7 Å². The molecule has 38 heavy (non-hydrogen) atoms. The van der Waals surface area contributed by atoms with Crippen molar-refractivity contribution in [1.29, 1.82) is 0 Å². The van der Waals surface area contributed by atoms with Gasteiger partial charge >= 0.3 is 0 Å². The second-order valence-electron chi connectivity index (χ2n) is 11.2. The average Bonchev–Trinajstić information content (AvgIpc) is 3.35. The summed E-state index contributed by atoms with van der Waals surface area (Å²) in [5.74, 6) is -2.41. The van der Waals surface area contributed by atoms with Crippen molar-refractivity contribution >= 4 is 46.5 Å². The van der Waals surface area contributed by atoms with Gasteiger partial charge in [0.25, 0.3) is 0 Å². The van der Waals surface area contributed by atoms with Gasteiger partial charge in [0.15, 0.2) is 11.6 Å². The minimum absolute atomic E-state index is 0.159. The first kappa shape index (κ1) is 24.6. The number of ketones is 2. The number of rotatable bonds is 3. The highest BCUT2D eigenvalue weighted by Crippen LogP contribution is 2.58. The number of carbonyl (C=O) groups is 3. The topological polar surface area (TPSA) is 66.5 Å². The van der Waals surface area contributed by atoms with Crippen molar-refractivity contribution in [3.63, 3.8) is 0 Å². The first-order valence-electron chi connectivity index (χ1n) is 12.6. The predicted octanol–water partition coefficient (Wildman–Crippen LogP) is 6.07. The number of anilines is 2. The third-order valence-electron chi connectivity index (χ3n) is 8.01. The standard InChI is InChI=1S/C31H26ClFN2O3/c1-30(2,3)28(37)26-25(27(36)17-8-12-20(33)13-9-17)31(21-6-4-5-7-22(21)34-29(31)38)24-15-10-18-16-19(32)11-14-23(18)35(24)26/h4-16,24-26H,1-3H3,(H,34,38)/t24-,25+,26+,31-/m1/s1. The van der Waals surface area contributed by atoms with Crippen molar-refractivity contribution in [2.24, 2.45) is 11.3 Å². The number of nitrogens with one attached hydrogen (secondary N) is 1. The molecule has 0 bridgehead atoms. The van der Waals surface area contributed by atoms with E-state index in [9.17, 15) is 18.8 Å². The molecule has 1 saturated heterocycles. The maximum atomic E-state index is 14.5. The maximum absolute atomic E-state index is 14.5. The number of benzene rings is 3. The molecular weight excluding hydrogens is 503 g/mol. The van der Waals surface area contributed by atoms with Crippen LogP contribution >= 0.6 is 11.6 Å². The van der Waals surface area contributed by atoms with Gasteiger partial charge in [0.05, 0.1) is 12.0 Å². The fourth-order valence-corrected chi connectivity index (χ4v) is 6.57. The summed E-state index contributed by atoms with van der Waals surface area (Å²) in [4.78, 5) is 44.9. The summed E-state index contributed by atoms with van der Waals surface area (Å²) >= 11 is 6.31. The summed E-state index contributed by atoms with van der Waals surface area (Å²) in [6, 6.07) is 16.4. The summed E-state index contributed by atoms with van der Waals surface area (Å²) in [7, 11) is 0. The Bertz CT molecular complexity index is 1540. The molecule has 3 heterocycles. The summed E-state index contributed by atoms with van der Waals surface area (Å²) in [6.07, 6.45) is 3.81. The molecule has 7 heteroatoms. The Hall–Kier alpha value is -3.77. The molecule has 0 unspecified atom stereocenters. The third kappa shape index (κ3) is 3.33. The van der Waals surface area contributed by atoms with Crippen LogP contribution in [0.5, 0.6) is 0 Å². The summed E-state index contributed by atoms with van der Waals surface area (Å²) in [5, 5.41) is 3.54. The van der Waals surface area contributed by atoms with Crippen molar-refractivity contribution in [2.75, 3.05) is 10.2 Å². The van der Waals surface area contributed by atoms with Crippen LogP contribution in [0.1, 0.15) is 42.3 Å². The minimum Gasteiger partial charge on any atom is -0.352 e. The van der Waals surface area contributed by atoms with E-state index in [4.69, 9.17) is 11.6 Å². The fourth-order valence-electron chi connectivity index (χ4n) is 6.39. The Morgan fingerprint density at radius 1 is 1.03 bits per heavy atom. The van der Waals surface area contributed by atoms with Crippen molar-refractivity contribution in [2.45, 2.75) is 38.3 Å². The lowest BCUT2D eigenvalue weighted by Crippen LogP contribution is -2.51. The molecule has 1 fully saturated rings. The molecule has 6 rings (SSSR count). The van der Waals surface area contributed by atoms with E-state index in [2.05, 4.69) is 5.32 Å². The zero-order valence-corrected chi connectivity index (χ0v) is 21.9. The van der Waals surface area contributed by atoms with Crippen LogP contribution in [0.25, 0.3) is 6.08 Å². The van der Waals surface area contributed by atoms with Gasteiger partial charge in [-0.15, -0.1) is 0 Å². The number of hydrogen-bond acceptors (Lipinski definition) is 4. The first-order chi connectivity index (χ1) is 18.0. The molecule has 1 amide bonds. The van der Waals surface area contributed by atoms with Crippen LogP contribution in [0.15, 0.2) is 72.8 Å². The molecule has 3 aliphatic heterocycles. The van der Waals surface area contributed by atoms with Gasteiger partial charge in [0.2, 0.25) is 5.91 Å². The second kappa shape index (κ2) is 8.37. The normalized spacial score (nSPS) is 25.1. The number of para-hydroxylation sites is 1. The van der Waals surface area contributed by atoms with E-state index >= 15 is 0 Å². The van der Waals surface area contributed by atoms with E-state index in [0.29, 0.717) is 16.3 Å². The smallest absolute Gasteiger partial charge is 0.238 e. The fraction of sp³-hybridized carbons (Fsp3) is 0.258. The molecule has 1 N–H and O–H groups in total. The Labute approximate surface area is 225 Å². The number of hydrogen-bond donors (Lipinski definition) is 1. The molecule has 3 aromatic carbocycles. The van der Waals surface area contributed by atoms with E-state index < -0.39 is 34.6 Å². The van der Waals surface area contributed by atoms with Gasteiger partial charge in [-0.3, -0.25) is 14.4 Å². The SMILES string of the molecule is CC(C)(C)C(=O)[C@@H]1[C@@H](C(=O)c2ccc(F)cc2)[C@]2(C(=O)Nc3ccccc32)[C@H]2C=Cc3cc(Cl)ccc3N12. The molecule has 1 spiro atoms. The van der Waals surface area contributed by atoms with Crippen molar-refractivity contribution in [3.8, 4) is 0 Å². The minimum atomic E-state index is -1.39. The van der Waals surface area contributed by atoms with Crippen molar-refractivity contribution in [3.05, 3.63) is 100 Å². The van der Waals surface area contributed by atoms with E-state index in [0.717, 1.165) is 11.3 Å². The molecular formula is C31H26ClFN2O3. The monoisotopic (exact) mass is 528 g/mol. The van der Waals surface area contributed by atoms with Gasteiger partial charge in [-0.05, 0) is 59.7 Å². The van der Waals surface area contributed by atoms with E-state index in [-0.39, 0.29) is 23.0 Å². The maximum Gasteiger partial charge on any atom is 0.238 e. The molecule has 4 atom stereocenters. The van der Waals surface area contributed by atoms with Crippen molar-refractivity contribution < 1.29 is 18.8 Å². The van der Waals surface area contributed by atoms with Crippen LogP contribution in [0, 0.1) is 17.2 Å². The Morgan fingerprint density at radius 2 is 1.74 bits per heavy atom. The molecule has 0 aliphatic carbocycles. The largest absolute Gasteiger partial charge is 0.352 e. The van der Waals surface area contributed by atoms with Crippen molar-refractivity contribution in [1.82, 2.24) is 0 Å². The lowest BCUT2D eigenvalue weighted by molar-refractivity contribution is -0.128. The summed E-state index contributed by atoms with van der Waals surface area (Å²) < 4.78 is 13.8. The van der Waals surface area contributed by atoms with Crippen LogP contribution in [-0.2, 0) is 15.0 Å². The quantitative estimate of drug-likeness (QED) is 0.419. The van der Waals surface area contributed by atoms with Crippen LogP contribution in [0.3, 0.4) is 0 Å².